The van der Waals surface area contributed by atoms with Crippen molar-refractivity contribution in [2.45, 2.75) is 32.9 Å². The summed E-state index contributed by atoms with van der Waals surface area (Å²) in [6, 6.07) is 6.62. The zero-order valence-corrected chi connectivity index (χ0v) is 18.0. The Balaban J connectivity index is 1.76. The van der Waals surface area contributed by atoms with Crippen molar-refractivity contribution in [3.8, 4) is 0 Å². The number of halogens is 1. The van der Waals surface area contributed by atoms with Gasteiger partial charge in [-0.15, -0.1) is 0 Å². The number of fused-ring (bicyclic) bond motifs is 1. The molecule has 160 valence electrons. The van der Waals surface area contributed by atoms with Crippen LogP contribution in [0.25, 0.3) is 6.08 Å². The lowest BCUT2D eigenvalue weighted by Crippen LogP contribution is -2.52. The molecule has 1 fully saturated rings. The molecule has 0 bridgehead atoms. The molecule has 1 atom stereocenters. The number of urea groups is 1. The molecule has 0 spiro atoms. The van der Waals surface area contributed by atoms with Crippen LogP contribution in [-0.4, -0.2) is 34.5 Å². The first-order valence-electron chi connectivity index (χ1n) is 9.73. The maximum Gasteiger partial charge on any atom is 0.322 e. The molecule has 4 rings (SSSR count). The van der Waals surface area contributed by atoms with Crippen LogP contribution < -0.4 is 10.6 Å². The first-order valence-corrected chi connectivity index (χ1v) is 10.1. The number of nitrogens with one attached hydrogen (secondary N) is 2. The average Bonchev–Trinajstić information content (AvgIpc) is 3.31. The van der Waals surface area contributed by atoms with E-state index in [9.17, 15) is 14.4 Å². The van der Waals surface area contributed by atoms with Gasteiger partial charge in [-0.25, -0.2) is 9.79 Å². The molecule has 2 aliphatic heterocycles. The number of rotatable bonds is 5. The van der Waals surface area contributed by atoms with E-state index in [-0.39, 0.29) is 29.3 Å². The van der Waals surface area contributed by atoms with E-state index in [1.165, 1.54) is 4.90 Å². The Hall–Kier alpha value is -3.39. The lowest BCUT2D eigenvalue weighted by Gasteiger charge is -2.29. The smallest absolute Gasteiger partial charge is 0.322 e. The standard InChI is InChI=1S/C22H21ClN4O4/c1-4-5-14-9-17(31-18(14)24-13(3)23)22(20(29)25-21(30)26-22)11-27-10-15-7-6-12(2)8-16(15)19(27)28/h4-9H,10-11H2,1-3H3,(H2,25,26,29,30). The predicted octanol–water partition coefficient (Wildman–Crippen LogP) is 3.60. The first kappa shape index (κ1) is 20.9. The third-order valence-corrected chi connectivity index (χ3v) is 5.36. The molecular formula is C22H21ClN4O4. The molecule has 31 heavy (non-hydrogen) atoms. The molecule has 2 N–H and O–H groups in total. The summed E-state index contributed by atoms with van der Waals surface area (Å²) in [4.78, 5) is 43.8. The van der Waals surface area contributed by atoms with Gasteiger partial charge in [0, 0.05) is 17.7 Å². The third kappa shape index (κ3) is 3.63. The fourth-order valence-electron chi connectivity index (χ4n) is 3.88. The molecule has 0 aliphatic carbocycles. The van der Waals surface area contributed by atoms with E-state index in [4.69, 9.17) is 16.0 Å². The number of hydrogen-bond donors (Lipinski definition) is 2. The zero-order chi connectivity index (χ0) is 22.3. The van der Waals surface area contributed by atoms with E-state index in [0.29, 0.717) is 17.7 Å². The number of allylic oxidation sites excluding steroid dienone is 1. The summed E-state index contributed by atoms with van der Waals surface area (Å²) in [6.07, 6.45) is 3.55. The number of benzene rings is 1. The number of nitrogens with zero attached hydrogens (tertiary/aromatic N) is 2. The number of imide groups is 1. The summed E-state index contributed by atoms with van der Waals surface area (Å²) >= 11 is 5.92. The van der Waals surface area contributed by atoms with Gasteiger partial charge in [0.05, 0.1) is 6.54 Å². The van der Waals surface area contributed by atoms with Gasteiger partial charge in [0.15, 0.2) is 5.54 Å². The SMILES string of the molecule is CC=Cc1cc(C2(CN3Cc4ccc(C)cc4C3=O)NC(=O)NC2=O)oc1N=C(C)Cl. The highest BCUT2D eigenvalue weighted by molar-refractivity contribution is 6.65. The summed E-state index contributed by atoms with van der Waals surface area (Å²) in [5.74, 6) is -0.431. The maximum absolute atomic E-state index is 13.0. The van der Waals surface area contributed by atoms with Crippen LogP contribution in [0.4, 0.5) is 10.7 Å². The third-order valence-electron chi connectivity index (χ3n) is 5.28. The van der Waals surface area contributed by atoms with Gasteiger partial charge >= 0.3 is 6.03 Å². The summed E-state index contributed by atoms with van der Waals surface area (Å²) in [5, 5.41) is 5.17. The van der Waals surface area contributed by atoms with Crippen molar-refractivity contribution in [1.82, 2.24) is 15.5 Å². The van der Waals surface area contributed by atoms with Crippen molar-refractivity contribution in [1.29, 1.82) is 0 Å². The normalized spacial score (nSPS) is 21.1. The number of hydrogen-bond acceptors (Lipinski definition) is 5. The summed E-state index contributed by atoms with van der Waals surface area (Å²) in [5.41, 5.74) is 1.44. The Morgan fingerprint density at radius 1 is 1.32 bits per heavy atom. The van der Waals surface area contributed by atoms with Crippen LogP contribution in [0.5, 0.6) is 0 Å². The van der Waals surface area contributed by atoms with E-state index >= 15 is 0 Å². The van der Waals surface area contributed by atoms with Crippen molar-refractivity contribution in [2.24, 2.45) is 4.99 Å². The number of aliphatic imine (C=N–C) groups is 1. The van der Waals surface area contributed by atoms with Crippen molar-refractivity contribution in [2.75, 3.05) is 6.54 Å². The second kappa shape index (κ2) is 7.70. The van der Waals surface area contributed by atoms with Crippen LogP contribution in [0.3, 0.4) is 0 Å². The zero-order valence-electron chi connectivity index (χ0n) is 17.3. The number of aryl methyl sites for hydroxylation is 1. The van der Waals surface area contributed by atoms with E-state index in [0.717, 1.165) is 11.1 Å². The Bertz CT molecular complexity index is 1160. The molecule has 8 nitrogen and oxygen atoms in total. The van der Waals surface area contributed by atoms with Gasteiger partial charge in [0.25, 0.3) is 11.8 Å². The molecule has 0 saturated carbocycles. The minimum Gasteiger partial charge on any atom is -0.440 e. The highest BCUT2D eigenvalue weighted by atomic mass is 35.5. The van der Waals surface area contributed by atoms with Crippen molar-refractivity contribution >= 4 is 46.6 Å². The minimum atomic E-state index is -1.59. The quantitative estimate of drug-likeness (QED) is 0.547. The molecule has 1 saturated heterocycles. The highest BCUT2D eigenvalue weighted by Crippen LogP contribution is 2.36. The molecule has 3 heterocycles. The fourth-order valence-corrected chi connectivity index (χ4v) is 3.95. The molecule has 0 radical (unpaired) electrons. The number of amides is 4. The Morgan fingerprint density at radius 3 is 2.74 bits per heavy atom. The van der Waals surface area contributed by atoms with Crippen molar-refractivity contribution in [3.05, 3.63) is 58.4 Å². The molecule has 2 aromatic rings. The van der Waals surface area contributed by atoms with Crippen LogP contribution in [0.1, 0.15) is 46.7 Å². The lowest BCUT2D eigenvalue weighted by molar-refractivity contribution is -0.125. The van der Waals surface area contributed by atoms with E-state index in [1.807, 2.05) is 32.0 Å². The summed E-state index contributed by atoms with van der Waals surface area (Å²) in [6.45, 7) is 5.58. The molecular weight excluding hydrogens is 420 g/mol. The van der Waals surface area contributed by atoms with Gasteiger partial charge in [-0.1, -0.05) is 41.4 Å². The second-order valence-corrected chi connectivity index (χ2v) is 8.16. The number of carbonyl (C=O) groups excluding carboxylic acids is 3. The van der Waals surface area contributed by atoms with Gasteiger partial charge in [0.2, 0.25) is 5.88 Å². The van der Waals surface area contributed by atoms with Crippen molar-refractivity contribution < 1.29 is 18.8 Å². The van der Waals surface area contributed by atoms with Crippen molar-refractivity contribution in [3.63, 3.8) is 0 Å². The molecule has 1 aromatic carbocycles. The lowest BCUT2D eigenvalue weighted by atomic mass is 9.95. The summed E-state index contributed by atoms with van der Waals surface area (Å²) < 4.78 is 5.89. The predicted molar refractivity (Wildman–Crippen MR) is 116 cm³/mol. The van der Waals surface area contributed by atoms with Crippen LogP contribution in [-0.2, 0) is 16.9 Å². The second-order valence-electron chi connectivity index (χ2n) is 7.62. The molecule has 1 aromatic heterocycles. The van der Waals surface area contributed by atoms with Crippen LogP contribution in [0.15, 0.2) is 39.8 Å². The molecule has 4 amide bonds. The van der Waals surface area contributed by atoms with Gasteiger partial charge in [-0.05, 0) is 38.5 Å². The average molecular weight is 441 g/mol. The number of carbonyl (C=O) groups is 3. The van der Waals surface area contributed by atoms with Gasteiger partial charge in [-0.3, -0.25) is 14.9 Å². The Labute approximate surface area is 184 Å². The van der Waals surface area contributed by atoms with Crippen LogP contribution >= 0.6 is 11.6 Å². The Kier molecular flexibility index (Phi) is 5.18. The monoisotopic (exact) mass is 440 g/mol. The van der Waals surface area contributed by atoms with Gasteiger partial charge < -0.3 is 14.6 Å². The van der Waals surface area contributed by atoms with Crippen LogP contribution in [0, 0.1) is 6.92 Å². The first-order chi connectivity index (χ1) is 14.7. The maximum atomic E-state index is 13.0. The van der Waals surface area contributed by atoms with Gasteiger partial charge in [-0.2, -0.15) is 0 Å². The fraction of sp³-hybridized carbons (Fsp3) is 0.273. The molecule has 2 aliphatic rings. The number of furan rings is 1. The molecule has 1 unspecified atom stereocenters. The highest BCUT2D eigenvalue weighted by Gasteiger charge is 2.53. The topological polar surface area (TPSA) is 104 Å². The van der Waals surface area contributed by atoms with E-state index in [1.54, 1.807) is 25.1 Å². The minimum absolute atomic E-state index is 0.0943. The largest absolute Gasteiger partial charge is 0.440 e. The van der Waals surface area contributed by atoms with E-state index < -0.39 is 17.5 Å². The Morgan fingerprint density at radius 2 is 2.10 bits per heavy atom. The van der Waals surface area contributed by atoms with E-state index in [2.05, 4.69) is 15.6 Å². The summed E-state index contributed by atoms with van der Waals surface area (Å²) in [7, 11) is 0. The molecule has 9 heteroatoms. The van der Waals surface area contributed by atoms with Crippen LogP contribution in [0.2, 0.25) is 0 Å². The van der Waals surface area contributed by atoms with Gasteiger partial charge in [0.1, 0.15) is 10.9 Å².